The van der Waals surface area contributed by atoms with Crippen LogP contribution >= 0.6 is 11.6 Å². The lowest BCUT2D eigenvalue weighted by molar-refractivity contribution is -0.132. The third-order valence-electron chi connectivity index (χ3n) is 5.25. The van der Waals surface area contributed by atoms with Crippen LogP contribution in [0.1, 0.15) is 30.5 Å². The van der Waals surface area contributed by atoms with Crippen molar-refractivity contribution in [2.75, 3.05) is 20.3 Å². The van der Waals surface area contributed by atoms with E-state index in [-0.39, 0.29) is 18.6 Å². The molecule has 1 fully saturated rings. The van der Waals surface area contributed by atoms with Gasteiger partial charge in [0.05, 0.1) is 22.7 Å². The molecule has 7 heteroatoms. The van der Waals surface area contributed by atoms with E-state index in [1.54, 1.807) is 19.3 Å². The topological polar surface area (TPSA) is 74.7 Å². The zero-order chi connectivity index (χ0) is 20.1. The molecule has 2 N–H and O–H groups in total. The van der Waals surface area contributed by atoms with Gasteiger partial charge in [0.2, 0.25) is 5.91 Å². The van der Waals surface area contributed by atoms with Gasteiger partial charge < -0.3 is 15.2 Å². The molecule has 2 aromatic rings. The van der Waals surface area contributed by atoms with E-state index in [4.69, 9.17) is 16.3 Å². The summed E-state index contributed by atoms with van der Waals surface area (Å²) in [5, 5.41) is 14.7. The van der Waals surface area contributed by atoms with Gasteiger partial charge in [-0.25, -0.2) is 0 Å². The van der Waals surface area contributed by atoms with E-state index in [0.29, 0.717) is 24.5 Å². The first-order valence-corrected chi connectivity index (χ1v) is 9.68. The van der Waals surface area contributed by atoms with E-state index in [1.807, 2.05) is 36.4 Å². The van der Waals surface area contributed by atoms with Crippen LogP contribution in [0.15, 0.2) is 48.8 Å². The van der Waals surface area contributed by atoms with Crippen LogP contribution in [0.4, 0.5) is 0 Å². The number of carbonyl (C=O) groups is 1. The van der Waals surface area contributed by atoms with Gasteiger partial charge in [0.15, 0.2) is 0 Å². The molecule has 3 unspecified atom stereocenters. The molecule has 0 radical (unpaired) electrons. The standard InChI is InChI=1S/C21H26ClN3O3/c1-21(27)9-11-25(13-16-8-10-23-12-17(16)22)19(15-6-4-3-5-7-15)20(21)24-18(26)14-28-2/h3-8,10,12,19-20,27H,9,11,13-14H2,1-2H3,(H,24,26). The average molecular weight is 404 g/mol. The van der Waals surface area contributed by atoms with Crippen LogP contribution in [0.25, 0.3) is 0 Å². The van der Waals surface area contributed by atoms with Gasteiger partial charge in [-0.3, -0.25) is 14.7 Å². The summed E-state index contributed by atoms with van der Waals surface area (Å²) in [5.41, 5.74) is 0.930. The van der Waals surface area contributed by atoms with E-state index in [0.717, 1.165) is 11.1 Å². The number of hydrogen-bond acceptors (Lipinski definition) is 5. The van der Waals surface area contributed by atoms with Crippen molar-refractivity contribution < 1.29 is 14.6 Å². The van der Waals surface area contributed by atoms with Gasteiger partial charge in [-0.15, -0.1) is 0 Å². The number of amides is 1. The first kappa shape index (κ1) is 20.7. The van der Waals surface area contributed by atoms with E-state index in [1.165, 1.54) is 7.11 Å². The van der Waals surface area contributed by atoms with Gasteiger partial charge in [-0.2, -0.15) is 0 Å². The number of methoxy groups -OCH3 is 1. The zero-order valence-electron chi connectivity index (χ0n) is 16.1. The minimum Gasteiger partial charge on any atom is -0.388 e. The second-order valence-corrected chi connectivity index (χ2v) is 7.79. The molecule has 0 saturated carbocycles. The summed E-state index contributed by atoms with van der Waals surface area (Å²) in [6, 6.07) is 11.1. The Bertz CT molecular complexity index is 800. The molecular weight excluding hydrogens is 378 g/mol. The number of piperidine rings is 1. The minimum absolute atomic E-state index is 0.0513. The SMILES string of the molecule is COCC(=O)NC1C(c2ccccc2)N(Cc2ccncc2Cl)CCC1(C)O. The molecule has 3 atom stereocenters. The highest BCUT2D eigenvalue weighted by Gasteiger charge is 2.46. The Labute approximate surface area is 170 Å². The number of nitrogens with zero attached hydrogens (tertiary/aromatic N) is 2. The number of likely N-dealkylation sites (tertiary alicyclic amines) is 1. The van der Waals surface area contributed by atoms with Crippen molar-refractivity contribution >= 4 is 17.5 Å². The second kappa shape index (κ2) is 9.01. The predicted octanol–water partition coefficient (Wildman–Crippen LogP) is 2.56. The van der Waals surface area contributed by atoms with Crippen molar-refractivity contribution in [2.45, 2.75) is 37.6 Å². The number of carbonyl (C=O) groups excluding carboxylic acids is 1. The second-order valence-electron chi connectivity index (χ2n) is 7.38. The van der Waals surface area contributed by atoms with Crippen molar-refractivity contribution in [1.82, 2.24) is 15.2 Å². The molecule has 0 bridgehead atoms. The van der Waals surface area contributed by atoms with Gasteiger partial charge in [0.25, 0.3) is 0 Å². The molecule has 28 heavy (non-hydrogen) atoms. The Hall–Kier alpha value is -1.99. The molecule has 1 aliphatic heterocycles. The maximum atomic E-state index is 12.3. The van der Waals surface area contributed by atoms with Gasteiger partial charge in [-0.05, 0) is 30.5 Å². The molecule has 2 heterocycles. The number of hydrogen-bond donors (Lipinski definition) is 2. The van der Waals surface area contributed by atoms with Crippen LogP contribution in [-0.4, -0.2) is 52.8 Å². The van der Waals surface area contributed by atoms with E-state index in [2.05, 4.69) is 15.2 Å². The van der Waals surface area contributed by atoms with Crippen LogP contribution in [0.5, 0.6) is 0 Å². The number of benzene rings is 1. The summed E-state index contributed by atoms with van der Waals surface area (Å²) in [6.45, 7) is 2.98. The maximum Gasteiger partial charge on any atom is 0.246 e. The van der Waals surface area contributed by atoms with Crippen molar-refractivity contribution in [1.29, 1.82) is 0 Å². The Morgan fingerprint density at radius 1 is 1.39 bits per heavy atom. The molecule has 150 valence electrons. The highest BCUT2D eigenvalue weighted by atomic mass is 35.5. The lowest BCUT2D eigenvalue weighted by atomic mass is 9.79. The number of aromatic nitrogens is 1. The quantitative estimate of drug-likeness (QED) is 0.775. The number of halogens is 1. The fraction of sp³-hybridized carbons (Fsp3) is 0.429. The van der Waals surface area contributed by atoms with E-state index < -0.39 is 11.6 Å². The van der Waals surface area contributed by atoms with Crippen LogP contribution < -0.4 is 5.32 Å². The van der Waals surface area contributed by atoms with E-state index in [9.17, 15) is 9.90 Å². The normalized spacial score (nSPS) is 25.4. The Morgan fingerprint density at radius 2 is 2.14 bits per heavy atom. The van der Waals surface area contributed by atoms with Gasteiger partial charge >= 0.3 is 0 Å². The van der Waals surface area contributed by atoms with Gasteiger partial charge in [0.1, 0.15) is 6.61 Å². The summed E-state index contributed by atoms with van der Waals surface area (Å²) in [5.74, 6) is -0.252. The third-order valence-corrected chi connectivity index (χ3v) is 5.59. The smallest absolute Gasteiger partial charge is 0.246 e. The number of rotatable bonds is 6. The third kappa shape index (κ3) is 4.70. The largest absolute Gasteiger partial charge is 0.388 e. The molecule has 3 rings (SSSR count). The zero-order valence-corrected chi connectivity index (χ0v) is 16.9. The lowest BCUT2D eigenvalue weighted by Gasteiger charge is -2.49. The molecule has 1 aliphatic rings. The molecular formula is C21H26ClN3O3. The summed E-state index contributed by atoms with van der Waals surface area (Å²) in [4.78, 5) is 18.6. The van der Waals surface area contributed by atoms with Crippen molar-refractivity contribution in [3.8, 4) is 0 Å². The molecule has 6 nitrogen and oxygen atoms in total. The first-order chi connectivity index (χ1) is 13.4. The molecule has 0 aliphatic carbocycles. The summed E-state index contributed by atoms with van der Waals surface area (Å²) >= 11 is 6.33. The number of pyridine rings is 1. The van der Waals surface area contributed by atoms with E-state index >= 15 is 0 Å². The van der Waals surface area contributed by atoms with Crippen LogP contribution in [0, 0.1) is 0 Å². The fourth-order valence-corrected chi connectivity index (χ4v) is 3.96. The van der Waals surface area contributed by atoms with Gasteiger partial charge in [0, 0.05) is 32.6 Å². The Morgan fingerprint density at radius 3 is 2.82 bits per heavy atom. The fourth-order valence-electron chi connectivity index (χ4n) is 3.78. The molecule has 0 spiro atoms. The maximum absolute atomic E-state index is 12.3. The Balaban J connectivity index is 1.96. The Kier molecular flexibility index (Phi) is 6.67. The summed E-state index contributed by atoms with van der Waals surface area (Å²) in [6.07, 6.45) is 3.88. The number of ether oxygens (including phenoxy) is 1. The van der Waals surface area contributed by atoms with Crippen molar-refractivity contribution in [2.24, 2.45) is 0 Å². The van der Waals surface area contributed by atoms with Gasteiger partial charge in [-0.1, -0.05) is 41.9 Å². The lowest BCUT2D eigenvalue weighted by Crippen LogP contribution is -2.62. The van der Waals surface area contributed by atoms with Crippen LogP contribution in [-0.2, 0) is 16.1 Å². The predicted molar refractivity (Wildman–Crippen MR) is 108 cm³/mol. The number of aliphatic hydroxyl groups is 1. The summed E-state index contributed by atoms with van der Waals surface area (Å²) in [7, 11) is 1.48. The highest BCUT2D eigenvalue weighted by Crippen LogP contribution is 2.38. The molecule has 1 aromatic heterocycles. The highest BCUT2D eigenvalue weighted by molar-refractivity contribution is 6.31. The minimum atomic E-state index is -1.05. The van der Waals surface area contributed by atoms with Crippen molar-refractivity contribution in [3.05, 3.63) is 64.9 Å². The number of nitrogens with one attached hydrogen (secondary N) is 1. The molecule has 1 saturated heterocycles. The van der Waals surface area contributed by atoms with Crippen LogP contribution in [0.2, 0.25) is 5.02 Å². The van der Waals surface area contributed by atoms with Crippen LogP contribution in [0.3, 0.4) is 0 Å². The first-order valence-electron chi connectivity index (χ1n) is 9.30. The monoisotopic (exact) mass is 403 g/mol. The molecule has 1 aromatic carbocycles. The van der Waals surface area contributed by atoms with Crippen molar-refractivity contribution in [3.63, 3.8) is 0 Å². The average Bonchev–Trinajstić information content (AvgIpc) is 2.67. The summed E-state index contributed by atoms with van der Waals surface area (Å²) < 4.78 is 4.96. The molecule has 1 amide bonds.